The quantitative estimate of drug-likeness (QED) is 0.667. The summed E-state index contributed by atoms with van der Waals surface area (Å²) in [5.41, 5.74) is 1.93. The van der Waals surface area contributed by atoms with E-state index in [1.807, 2.05) is 30.3 Å². The minimum atomic E-state index is -0.393. The van der Waals surface area contributed by atoms with Crippen LogP contribution in [0.2, 0.25) is 0 Å². The molecule has 0 aliphatic carbocycles. The van der Waals surface area contributed by atoms with Gasteiger partial charge in [0.1, 0.15) is 17.2 Å². The maximum atomic E-state index is 13.1. The average Bonchev–Trinajstić information content (AvgIpc) is 3.32. The largest absolute Gasteiger partial charge is 0.497 e. The van der Waals surface area contributed by atoms with Crippen LogP contribution < -0.4 is 10.1 Å². The molecule has 0 bridgehead atoms. The molecule has 3 aromatic rings. The summed E-state index contributed by atoms with van der Waals surface area (Å²) in [6.07, 6.45) is 1.52. The zero-order chi connectivity index (χ0) is 19.5. The van der Waals surface area contributed by atoms with Crippen LogP contribution in [-0.2, 0) is 16.1 Å². The van der Waals surface area contributed by atoms with Crippen molar-refractivity contribution in [2.45, 2.75) is 6.54 Å². The van der Waals surface area contributed by atoms with Gasteiger partial charge in [-0.1, -0.05) is 30.3 Å². The van der Waals surface area contributed by atoms with Gasteiger partial charge in [-0.3, -0.25) is 14.5 Å². The summed E-state index contributed by atoms with van der Waals surface area (Å²) in [5.74, 6) is 0.448. The van der Waals surface area contributed by atoms with Crippen LogP contribution in [0.3, 0.4) is 0 Å². The number of hydrogen-bond acceptors (Lipinski definition) is 5. The topological polar surface area (TPSA) is 71.8 Å². The highest BCUT2D eigenvalue weighted by molar-refractivity contribution is 6.36. The normalized spacial score (nSPS) is 14.0. The Kier molecular flexibility index (Phi) is 4.68. The molecular formula is C22H18N2O4. The minimum Gasteiger partial charge on any atom is -0.497 e. The average molecular weight is 374 g/mol. The predicted octanol–water partition coefficient (Wildman–Crippen LogP) is 3.68. The molecule has 0 atom stereocenters. The number of nitrogens with zero attached hydrogens (tertiary/aromatic N) is 1. The number of hydrogen-bond donors (Lipinski definition) is 1. The fraction of sp³-hybridized carbons (Fsp3) is 0.0909. The summed E-state index contributed by atoms with van der Waals surface area (Å²) in [5, 5.41) is 3.11. The molecule has 6 heteroatoms. The minimum absolute atomic E-state index is 0.0737. The SMILES string of the molecule is COc1ccc(C2=C(Nc3ccccc3)C(=O)N(Cc3ccco3)C2=O)cc1. The van der Waals surface area contributed by atoms with Gasteiger partial charge in [-0.2, -0.15) is 0 Å². The first-order chi connectivity index (χ1) is 13.7. The highest BCUT2D eigenvalue weighted by atomic mass is 16.5. The van der Waals surface area contributed by atoms with Gasteiger partial charge in [-0.15, -0.1) is 0 Å². The molecule has 140 valence electrons. The molecule has 0 unspecified atom stereocenters. The molecule has 1 aromatic heterocycles. The Morgan fingerprint density at radius 3 is 2.32 bits per heavy atom. The van der Waals surface area contributed by atoms with Crippen LogP contribution in [0.4, 0.5) is 5.69 Å². The van der Waals surface area contributed by atoms with E-state index < -0.39 is 5.91 Å². The van der Waals surface area contributed by atoms with E-state index in [4.69, 9.17) is 9.15 Å². The van der Waals surface area contributed by atoms with Gasteiger partial charge in [0.05, 0.1) is 25.5 Å². The third-order valence-corrected chi connectivity index (χ3v) is 4.48. The lowest BCUT2D eigenvalue weighted by molar-refractivity contribution is -0.137. The van der Waals surface area contributed by atoms with Crippen LogP contribution >= 0.6 is 0 Å². The van der Waals surface area contributed by atoms with Crippen LogP contribution in [0.1, 0.15) is 11.3 Å². The van der Waals surface area contributed by atoms with Crippen LogP contribution in [0.5, 0.6) is 5.75 Å². The standard InChI is InChI=1S/C22H18N2O4/c1-27-17-11-9-15(10-12-17)19-20(23-16-6-3-2-4-7-16)22(26)24(21(19)25)14-18-8-5-13-28-18/h2-13,23H,14H2,1H3. The highest BCUT2D eigenvalue weighted by Crippen LogP contribution is 2.32. The van der Waals surface area contributed by atoms with Gasteiger partial charge in [0.15, 0.2) is 0 Å². The van der Waals surface area contributed by atoms with Crippen molar-refractivity contribution in [2.24, 2.45) is 0 Å². The van der Waals surface area contributed by atoms with Crippen LogP contribution in [0.25, 0.3) is 5.57 Å². The Morgan fingerprint density at radius 1 is 0.929 bits per heavy atom. The highest BCUT2D eigenvalue weighted by Gasteiger charge is 2.39. The number of rotatable bonds is 6. The summed E-state index contributed by atoms with van der Waals surface area (Å²) in [7, 11) is 1.58. The number of para-hydroxylation sites is 1. The number of amides is 2. The molecule has 2 aromatic carbocycles. The second kappa shape index (κ2) is 7.44. The van der Waals surface area contributed by atoms with Crippen molar-refractivity contribution in [3.63, 3.8) is 0 Å². The molecule has 1 N–H and O–H groups in total. The molecule has 4 rings (SSSR count). The maximum absolute atomic E-state index is 13.1. The number of anilines is 1. The van der Waals surface area contributed by atoms with Crippen molar-refractivity contribution in [1.82, 2.24) is 4.90 Å². The van der Waals surface area contributed by atoms with E-state index in [9.17, 15) is 9.59 Å². The first-order valence-electron chi connectivity index (χ1n) is 8.76. The Labute approximate surface area is 162 Å². The number of carbonyl (C=O) groups excluding carboxylic acids is 2. The van der Waals surface area contributed by atoms with E-state index in [2.05, 4.69) is 5.32 Å². The number of carbonyl (C=O) groups is 2. The van der Waals surface area contributed by atoms with Crippen molar-refractivity contribution >= 4 is 23.1 Å². The monoisotopic (exact) mass is 374 g/mol. The molecule has 28 heavy (non-hydrogen) atoms. The fourth-order valence-electron chi connectivity index (χ4n) is 3.09. The number of imide groups is 1. The van der Waals surface area contributed by atoms with E-state index in [-0.39, 0.29) is 18.1 Å². The summed E-state index contributed by atoms with van der Waals surface area (Å²) < 4.78 is 10.5. The lowest BCUT2D eigenvalue weighted by Gasteiger charge is -2.13. The van der Waals surface area contributed by atoms with E-state index in [1.54, 1.807) is 43.5 Å². The zero-order valence-electron chi connectivity index (χ0n) is 15.2. The van der Waals surface area contributed by atoms with Crippen molar-refractivity contribution in [2.75, 3.05) is 12.4 Å². The van der Waals surface area contributed by atoms with Crippen LogP contribution in [0.15, 0.2) is 83.1 Å². The first kappa shape index (κ1) is 17.6. The second-order valence-electron chi connectivity index (χ2n) is 6.25. The van der Waals surface area contributed by atoms with Crippen molar-refractivity contribution in [1.29, 1.82) is 0 Å². The van der Waals surface area contributed by atoms with Crippen molar-refractivity contribution < 1.29 is 18.7 Å². The molecule has 0 saturated heterocycles. The second-order valence-corrected chi connectivity index (χ2v) is 6.25. The Morgan fingerprint density at radius 2 is 1.68 bits per heavy atom. The first-order valence-corrected chi connectivity index (χ1v) is 8.76. The smallest absolute Gasteiger partial charge is 0.278 e. The number of benzene rings is 2. The van der Waals surface area contributed by atoms with Gasteiger partial charge in [0.25, 0.3) is 11.8 Å². The van der Waals surface area contributed by atoms with Crippen molar-refractivity contribution in [3.8, 4) is 5.75 Å². The molecule has 0 spiro atoms. The van der Waals surface area contributed by atoms with E-state index >= 15 is 0 Å². The maximum Gasteiger partial charge on any atom is 0.278 e. The zero-order valence-corrected chi connectivity index (χ0v) is 15.2. The van der Waals surface area contributed by atoms with Gasteiger partial charge in [-0.05, 0) is 42.0 Å². The molecule has 2 heterocycles. The number of methoxy groups -OCH3 is 1. The number of ether oxygens (including phenoxy) is 1. The van der Waals surface area contributed by atoms with E-state index in [0.717, 1.165) is 5.69 Å². The number of furan rings is 1. The van der Waals surface area contributed by atoms with Gasteiger partial charge < -0.3 is 14.5 Å². The lowest BCUT2D eigenvalue weighted by Crippen LogP contribution is -2.31. The van der Waals surface area contributed by atoms with E-state index in [0.29, 0.717) is 22.6 Å². The molecule has 1 aliphatic heterocycles. The summed E-state index contributed by atoms with van der Waals surface area (Å²) in [6.45, 7) is 0.0737. The third-order valence-electron chi connectivity index (χ3n) is 4.48. The van der Waals surface area contributed by atoms with Crippen molar-refractivity contribution in [3.05, 3.63) is 90.0 Å². The Balaban J connectivity index is 1.74. The van der Waals surface area contributed by atoms with E-state index in [1.165, 1.54) is 11.2 Å². The molecule has 0 saturated carbocycles. The van der Waals surface area contributed by atoms with Crippen LogP contribution in [0, 0.1) is 0 Å². The molecule has 0 radical (unpaired) electrons. The molecular weight excluding hydrogens is 356 g/mol. The van der Waals surface area contributed by atoms with Crippen LogP contribution in [-0.4, -0.2) is 23.8 Å². The third kappa shape index (κ3) is 3.27. The molecule has 0 fully saturated rings. The van der Waals surface area contributed by atoms with Gasteiger partial charge in [-0.25, -0.2) is 0 Å². The molecule has 1 aliphatic rings. The summed E-state index contributed by atoms with van der Waals surface area (Å²) >= 11 is 0. The van der Waals surface area contributed by atoms with Gasteiger partial charge in [0, 0.05) is 5.69 Å². The predicted molar refractivity (Wildman–Crippen MR) is 104 cm³/mol. The fourth-order valence-corrected chi connectivity index (χ4v) is 3.09. The molecule has 2 amide bonds. The van der Waals surface area contributed by atoms with Gasteiger partial charge >= 0.3 is 0 Å². The van der Waals surface area contributed by atoms with Gasteiger partial charge in [0.2, 0.25) is 0 Å². The lowest BCUT2D eigenvalue weighted by atomic mass is 10.0. The number of nitrogens with one attached hydrogen (secondary N) is 1. The summed E-state index contributed by atoms with van der Waals surface area (Å²) in [6, 6.07) is 19.8. The Bertz CT molecular complexity index is 1020. The summed E-state index contributed by atoms with van der Waals surface area (Å²) in [4.78, 5) is 27.4. The Hall–Kier alpha value is -3.80. The molecule has 6 nitrogen and oxygen atoms in total.